The highest BCUT2D eigenvalue weighted by Gasteiger charge is 2.16. The van der Waals surface area contributed by atoms with Gasteiger partial charge in [0.2, 0.25) is 5.13 Å². The molecule has 2 heterocycles. The standard InChI is InChI=1S/C21H16N6O6S3/c1-11-19(24-25-21-23-17-10-16(36(31,32)33)6-7-18(17)34-21)20(22)27(26-11)14-4-2-13-9-15(35(28,29)30)5-3-12(13)8-14/h2-10H,22H2,1H3,(H,28,29,30)(H,31,32,33)/b25-24+. The maximum atomic E-state index is 11.4. The van der Waals surface area contributed by atoms with Gasteiger partial charge >= 0.3 is 0 Å². The van der Waals surface area contributed by atoms with Gasteiger partial charge in [0.05, 0.1) is 31.4 Å². The molecular formula is C21H16N6O6S3. The Hall–Kier alpha value is -3.76. The fourth-order valence-corrected chi connectivity index (χ4v) is 5.34. The van der Waals surface area contributed by atoms with Crippen molar-refractivity contribution in [3.8, 4) is 5.69 Å². The molecule has 36 heavy (non-hydrogen) atoms. The largest absolute Gasteiger partial charge is 0.382 e. The Morgan fingerprint density at radius 2 is 1.53 bits per heavy atom. The zero-order chi connectivity index (χ0) is 25.8. The first kappa shape index (κ1) is 24.0. The molecule has 0 aliphatic carbocycles. The third kappa shape index (κ3) is 4.45. The average Bonchev–Trinajstić information content (AvgIpc) is 3.35. The highest BCUT2D eigenvalue weighted by molar-refractivity contribution is 7.86. The van der Waals surface area contributed by atoms with Crippen molar-refractivity contribution in [2.75, 3.05) is 5.73 Å². The zero-order valence-corrected chi connectivity index (χ0v) is 20.7. The molecule has 5 aromatic rings. The Kier molecular flexibility index (Phi) is 5.60. The first-order valence-electron chi connectivity index (χ1n) is 10.1. The van der Waals surface area contributed by atoms with Crippen LogP contribution in [0.4, 0.5) is 16.6 Å². The van der Waals surface area contributed by atoms with E-state index in [1.54, 1.807) is 31.2 Å². The molecule has 184 valence electrons. The molecule has 0 unspecified atom stereocenters. The average molecular weight is 545 g/mol. The molecule has 5 rings (SSSR count). The van der Waals surface area contributed by atoms with Crippen LogP contribution in [-0.2, 0) is 20.2 Å². The number of rotatable bonds is 5. The molecule has 0 bridgehead atoms. The normalized spacial score (nSPS) is 12.8. The molecule has 0 atom stereocenters. The monoisotopic (exact) mass is 544 g/mol. The van der Waals surface area contributed by atoms with E-state index < -0.39 is 20.2 Å². The lowest BCUT2D eigenvalue weighted by atomic mass is 10.1. The summed E-state index contributed by atoms with van der Waals surface area (Å²) in [6.45, 7) is 1.71. The van der Waals surface area contributed by atoms with Gasteiger partial charge in [-0.1, -0.05) is 23.5 Å². The van der Waals surface area contributed by atoms with Crippen molar-refractivity contribution in [1.82, 2.24) is 14.8 Å². The van der Waals surface area contributed by atoms with Crippen LogP contribution in [0.2, 0.25) is 0 Å². The van der Waals surface area contributed by atoms with Gasteiger partial charge in [0.1, 0.15) is 0 Å². The first-order chi connectivity index (χ1) is 16.9. The van der Waals surface area contributed by atoms with Crippen LogP contribution in [0.3, 0.4) is 0 Å². The predicted octanol–water partition coefficient (Wildman–Crippen LogP) is 4.43. The van der Waals surface area contributed by atoms with Crippen LogP contribution in [-0.4, -0.2) is 40.7 Å². The fourth-order valence-electron chi connectivity index (χ4n) is 3.55. The summed E-state index contributed by atoms with van der Waals surface area (Å²) in [6.07, 6.45) is 0. The van der Waals surface area contributed by atoms with Gasteiger partial charge in [-0.2, -0.15) is 21.9 Å². The lowest BCUT2D eigenvalue weighted by Crippen LogP contribution is -2.02. The van der Waals surface area contributed by atoms with E-state index in [-0.39, 0.29) is 20.7 Å². The molecule has 0 spiro atoms. The molecule has 12 nitrogen and oxygen atoms in total. The summed E-state index contributed by atoms with van der Waals surface area (Å²) in [6, 6.07) is 13.4. The van der Waals surface area contributed by atoms with Crippen LogP contribution in [0.5, 0.6) is 0 Å². The molecule has 0 aliphatic heterocycles. The second-order valence-electron chi connectivity index (χ2n) is 7.70. The second kappa shape index (κ2) is 8.42. The Bertz CT molecular complexity index is 1930. The molecule has 0 aliphatic rings. The number of nitrogens with zero attached hydrogens (tertiary/aromatic N) is 5. The van der Waals surface area contributed by atoms with E-state index in [1.165, 1.54) is 46.4 Å². The molecule has 15 heteroatoms. The lowest BCUT2D eigenvalue weighted by Gasteiger charge is -2.07. The number of fused-ring (bicyclic) bond motifs is 2. The Morgan fingerprint density at radius 1 is 0.889 bits per heavy atom. The Morgan fingerprint density at radius 3 is 2.25 bits per heavy atom. The number of anilines is 1. The number of thiazole rings is 1. The molecule has 3 aromatic carbocycles. The van der Waals surface area contributed by atoms with Crippen molar-refractivity contribution < 1.29 is 25.9 Å². The van der Waals surface area contributed by atoms with Crippen molar-refractivity contribution in [2.45, 2.75) is 16.7 Å². The highest BCUT2D eigenvalue weighted by atomic mass is 32.2. The lowest BCUT2D eigenvalue weighted by molar-refractivity contribution is 0.481. The number of aryl methyl sites for hydroxylation is 1. The van der Waals surface area contributed by atoms with Gasteiger partial charge in [0.15, 0.2) is 11.5 Å². The SMILES string of the molecule is Cc1nn(-c2ccc3cc(S(=O)(=O)O)ccc3c2)c(N)c1/N=N/c1nc2cc(S(=O)(=O)O)ccc2s1. The molecule has 0 saturated heterocycles. The van der Waals surface area contributed by atoms with E-state index in [1.807, 2.05) is 0 Å². The Labute approximate surface area is 208 Å². The molecule has 2 aromatic heterocycles. The van der Waals surface area contributed by atoms with E-state index in [0.717, 1.165) is 0 Å². The van der Waals surface area contributed by atoms with Gasteiger partial charge < -0.3 is 5.73 Å². The summed E-state index contributed by atoms with van der Waals surface area (Å²) in [5, 5.41) is 14.3. The summed E-state index contributed by atoms with van der Waals surface area (Å²) in [5.74, 6) is 0.208. The summed E-state index contributed by atoms with van der Waals surface area (Å²) >= 11 is 1.18. The maximum absolute atomic E-state index is 11.4. The van der Waals surface area contributed by atoms with Crippen LogP contribution in [0.25, 0.3) is 26.7 Å². The summed E-state index contributed by atoms with van der Waals surface area (Å²) in [7, 11) is -8.67. The Balaban J connectivity index is 1.48. The first-order valence-corrected chi connectivity index (χ1v) is 13.8. The minimum Gasteiger partial charge on any atom is -0.382 e. The number of hydrogen-bond acceptors (Lipinski definition) is 10. The van der Waals surface area contributed by atoms with E-state index in [2.05, 4.69) is 20.3 Å². The number of benzene rings is 3. The number of azo groups is 1. The molecule has 0 fully saturated rings. The molecular weight excluding hydrogens is 528 g/mol. The van der Waals surface area contributed by atoms with Crippen molar-refractivity contribution in [2.24, 2.45) is 10.2 Å². The predicted molar refractivity (Wildman–Crippen MR) is 134 cm³/mol. The fraction of sp³-hybridized carbons (Fsp3) is 0.0476. The number of hydrogen-bond donors (Lipinski definition) is 3. The highest BCUT2D eigenvalue weighted by Crippen LogP contribution is 2.34. The molecule has 0 radical (unpaired) electrons. The second-order valence-corrected chi connectivity index (χ2v) is 11.6. The summed E-state index contributed by atoms with van der Waals surface area (Å²) < 4.78 is 66.1. The number of nitrogens with two attached hydrogens (primary N) is 1. The minimum absolute atomic E-state index is 0.205. The molecule has 4 N–H and O–H groups in total. The van der Waals surface area contributed by atoms with E-state index in [4.69, 9.17) is 5.73 Å². The quantitative estimate of drug-likeness (QED) is 0.212. The van der Waals surface area contributed by atoms with E-state index >= 15 is 0 Å². The zero-order valence-electron chi connectivity index (χ0n) is 18.3. The van der Waals surface area contributed by atoms with Crippen molar-refractivity contribution in [1.29, 1.82) is 0 Å². The van der Waals surface area contributed by atoms with Gasteiger partial charge in [-0.05, 0) is 60.2 Å². The smallest absolute Gasteiger partial charge is 0.294 e. The van der Waals surface area contributed by atoms with Gasteiger partial charge in [-0.25, -0.2) is 9.67 Å². The van der Waals surface area contributed by atoms with Crippen molar-refractivity contribution in [3.05, 3.63) is 60.3 Å². The van der Waals surface area contributed by atoms with E-state index in [0.29, 0.717) is 38.1 Å². The van der Waals surface area contributed by atoms with Gasteiger partial charge in [0, 0.05) is 0 Å². The van der Waals surface area contributed by atoms with Crippen molar-refractivity contribution >= 4 is 69.2 Å². The van der Waals surface area contributed by atoms with Crippen LogP contribution < -0.4 is 5.73 Å². The van der Waals surface area contributed by atoms with Crippen LogP contribution in [0.1, 0.15) is 5.69 Å². The molecule has 0 saturated carbocycles. The van der Waals surface area contributed by atoms with E-state index in [9.17, 15) is 25.9 Å². The third-order valence-electron chi connectivity index (χ3n) is 5.28. The van der Waals surface area contributed by atoms with Crippen molar-refractivity contribution in [3.63, 3.8) is 0 Å². The van der Waals surface area contributed by atoms with Crippen LogP contribution in [0, 0.1) is 6.92 Å². The number of nitrogen functional groups attached to an aromatic ring is 1. The topological polar surface area (TPSA) is 190 Å². The third-order valence-corrected chi connectivity index (χ3v) is 7.90. The van der Waals surface area contributed by atoms with Crippen LogP contribution in [0.15, 0.2) is 74.6 Å². The maximum Gasteiger partial charge on any atom is 0.294 e. The molecule has 0 amide bonds. The minimum atomic E-state index is -4.35. The number of aromatic nitrogens is 3. The summed E-state index contributed by atoms with van der Waals surface area (Å²) in [5.41, 5.74) is 8.04. The summed E-state index contributed by atoms with van der Waals surface area (Å²) in [4.78, 5) is 3.77. The van der Waals surface area contributed by atoms with Crippen LogP contribution >= 0.6 is 11.3 Å². The van der Waals surface area contributed by atoms with Gasteiger partial charge in [-0.3, -0.25) is 9.11 Å². The van der Waals surface area contributed by atoms with Gasteiger partial charge in [-0.15, -0.1) is 10.2 Å². The van der Waals surface area contributed by atoms with Gasteiger partial charge in [0.25, 0.3) is 20.2 Å².